The molecule has 118 valence electrons. The van der Waals surface area contributed by atoms with Crippen LogP contribution in [0.2, 0.25) is 0 Å². The van der Waals surface area contributed by atoms with Gasteiger partial charge in [-0.3, -0.25) is 0 Å². The fourth-order valence-electron chi connectivity index (χ4n) is 3.95. The number of allylic oxidation sites excluding steroid dienone is 6. The summed E-state index contributed by atoms with van der Waals surface area (Å²) in [5, 5.41) is 0. The van der Waals surface area contributed by atoms with Crippen molar-refractivity contribution in [3.05, 3.63) is 70.3 Å². The summed E-state index contributed by atoms with van der Waals surface area (Å²) >= 11 is 0. The first-order valence-corrected chi connectivity index (χ1v) is 8.31. The standard InChI is InChI=1S/C22H30/c1-8-19-20(14-9-16(2)3)21(5,6)15-22(19,7)18-12-10-17(4)11-13-18/h8-14H,15H2,1-7H3/b19-8+,20-14+. The topological polar surface area (TPSA) is 0 Å². The zero-order valence-corrected chi connectivity index (χ0v) is 15.2. The molecule has 1 aliphatic rings. The average molecular weight is 294 g/mol. The van der Waals surface area contributed by atoms with E-state index in [1.54, 1.807) is 0 Å². The average Bonchev–Trinajstić information content (AvgIpc) is 2.63. The van der Waals surface area contributed by atoms with Crippen molar-refractivity contribution < 1.29 is 0 Å². The van der Waals surface area contributed by atoms with Crippen molar-refractivity contribution in [1.82, 2.24) is 0 Å². The molecule has 0 radical (unpaired) electrons. The van der Waals surface area contributed by atoms with E-state index in [0.717, 1.165) is 6.42 Å². The van der Waals surface area contributed by atoms with Gasteiger partial charge in [0.25, 0.3) is 0 Å². The van der Waals surface area contributed by atoms with Crippen molar-refractivity contribution in [2.24, 2.45) is 5.41 Å². The molecule has 22 heavy (non-hydrogen) atoms. The molecule has 0 bridgehead atoms. The third-order valence-corrected chi connectivity index (χ3v) is 4.97. The SMILES string of the molecule is C/C=C1\C(=C/C=C(C)C)C(C)(C)CC1(C)c1ccc(C)cc1. The van der Waals surface area contributed by atoms with E-state index < -0.39 is 0 Å². The monoisotopic (exact) mass is 294 g/mol. The summed E-state index contributed by atoms with van der Waals surface area (Å²) in [5.74, 6) is 0. The maximum absolute atomic E-state index is 2.40. The summed E-state index contributed by atoms with van der Waals surface area (Å²) in [6.07, 6.45) is 8.07. The van der Waals surface area contributed by atoms with Gasteiger partial charge in [0, 0.05) is 5.41 Å². The van der Waals surface area contributed by atoms with Crippen LogP contribution in [0.25, 0.3) is 0 Å². The number of hydrogen-bond acceptors (Lipinski definition) is 0. The summed E-state index contributed by atoms with van der Waals surface area (Å²) in [4.78, 5) is 0. The number of aryl methyl sites for hydroxylation is 1. The Bertz CT molecular complexity index is 631. The molecule has 1 atom stereocenters. The van der Waals surface area contributed by atoms with Gasteiger partial charge in [-0.05, 0) is 56.2 Å². The Morgan fingerprint density at radius 3 is 2.09 bits per heavy atom. The van der Waals surface area contributed by atoms with Crippen molar-refractivity contribution in [3.63, 3.8) is 0 Å². The maximum Gasteiger partial charge on any atom is 0.0182 e. The first-order chi connectivity index (χ1) is 10.2. The molecule has 0 saturated heterocycles. The normalized spacial score (nSPS) is 27.4. The number of benzene rings is 1. The Kier molecular flexibility index (Phi) is 4.52. The third-order valence-electron chi connectivity index (χ3n) is 4.97. The van der Waals surface area contributed by atoms with Crippen molar-refractivity contribution in [2.45, 2.75) is 60.3 Å². The molecule has 0 heterocycles. The van der Waals surface area contributed by atoms with E-state index in [-0.39, 0.29) is 10.8 Å². The van der Waals surface area contributed by atoms with Gasteiger partial charge in [0.1, 0.15) is 0 Å². The smallest absolute Gasteiger partial charge is 0.0182 e. The van der Waals surface area contributed by atoms with Crippen LogP contribution in [0.1, 0.15) is 59.1 Å². The molecule has 0 aliphatic heterocycles. The summed E-state index contributed by atoms with van der Waals surface area (Å²) in [6.45, 7) is 15.8. The van der Waals surface area contributed by atoms with E-state index in [1.165, 1.54) is 27.8 Å². The van der Waals surface area contributed by atoms with Crippen LogP contribution in [0.15, 0.2) is 59.2 Å². The molecular weight excluding hydrogens is 264 g/mol. The van der Waals surface area contributed by atoms with Crippen LogP contribution >= 0.6 is 0 Å². The van der Waals surface area contributed by atoms with Crippen LogP contribution in [0.4, 0.5) is 0 Å². The van der Waals surface area contributed by atoms with E-state index >= 15 is 0 Å². The zero-order chi connectivity index (χ0) is 16.5. The second kappa shape index (κ2) is 5.91. The van der Waals surface area contributed by atoms with Gasteiger partial charge in [0.05, 0.1) is 0 Å². The molecule has 0 heteroatoms. The van der Waals surface area contributed by atoms with Crippen molar-refractivity contribution in [2.75, 3.05) is 0 Å². The number of hydrogen-bond donors (Lipinski definition) is 0. The summed E-state index contributed by atoms with van der Waals surface area (Å²) < 4.78 is 0. The van der Waals surface area contributed by atoms with E-state index in [2.05, 4.69) is 91.0 Å². The zero-order valence-electron chi connectivity index (χ0n) is 15.2. The molecule has 0 aromatic heterocycles. The third kappa shape index (κ3) is 2.97. The van der Waals surface area contributed by atoms with Gasteiger partial charge in [-0.2, -0.15) is 0 Å². The van der Waals surface area contributed by atoms with Gasteiger partial charge in [-0.1, -0.05) is 74.4 Å². The second-order valence-electron chi connectivity index (χ2n) is 7.79. The lowest BCUT2D eigenvalue weighted by molar-refractivity contribution is 0.388. The Hall–Kier alpha value is -1.56. The Labute approximate surface area is 136 Å². The molecule has 1 aromatic carbocycles. The number of rotatable bonds is 2. The molecule has 1 aromatic rings. The molecule has 2 rings (SSSR count). The summed E-state index contributed by atoms with van der Waals surface area (Å²) in [5.41, 5.74) is 7.38. The van der Waals surface area contributed by atoms with Gasteiger partial charge >= 0.3 is 0 Å². The highest BCUT2D eigenvalue weighted by molar-refractivity contribution is 5.55. The van der Waals surface area contributed by atoms with Crippen molar-refractivity contribution in [1.29, 1.82) is 0 Å². The quantitative estimate of drug-likeness (QED) is 0.582. The van der Waals surface area contributed by atoms with E-state index in [1.807, 2.05) is 0 Å². The van der Waals surface area contributed by atoms with E-state index in [4.69, 9.17) is 0 Å². The van der Waals surface area contributed by atoms with Crippen molar-refractivity contribution >= 4 is 0 Å². The maximum atomic E-state index is 2.40. The lowest BCUT2D eigenvalue weighted by Gasteiger charge is -2.28. The van der Waals surface area contributed by atoms with Crippen LogP contribution in [0.3, 0.4) is 0 Å². The van der Waals surface area contributed by atoms with Crippen LogP contribution < -0.4 is 0 Å². The fourth-order valence-corrected chi connectivity index (χ4v) is 3.95. The molecule has 1 aliphatic carbocycles. The fraction of sp³-hybridized carbons (Fsp3) is 0.455. The predicted molar refractivity (Wildman–Crippen MR) is 98.2 cm³/mol. The van der Waals surface area contributed by atoms with Crippen molar-refractivity contribution in [3.8, 4) is 0 Å². The van der Waals surface area contributed by atoms with Crippen LogP contribution in [-0.2, 0) is 5.41 Å². The molecule has 0 nitrogen and oxygen atoms in total. The highest BCUT2D eigenvalue weighted by Crippen LogP contribution is 2.57. The van der Waals surface area contributed by atoms with E-state index in [9.17, 15) is 0 Å². The first-order valence-electron chi connectivity index (χ1n) is 8.31. The Morgan fingerprint density at radius 1 is 1.00 bits per heavy atom. The van der Waals surface area contributed by atoms with E-state index in [0.29, 0.717) is 0 Å². The summed E-state index contributed by atoms with van der Waals surface area (Å²) in [6, 6.07) is 9.08. The van der Waals surface area contributed by atoms with Crippen LogP contribution in [0, 0.1) is 12.3 Å². The molecule has 1 unspecified atom stereocenters. The Balaban J connectivity index is 2.57. The molecule has 1 saturated carbocycles. The minimum atomic E-state index is 0.104. The lowest BCUT2D eigenvalue weighted by Crippen LogP contribution is -2.21. The molecule has 0 spiro atoms. The first kappa shape index (κ1) is 16.8. The largest absolute Gasteiger partial charge is 0.0832 e. The Morgan fingerprint density at radius 2 is 1.59 bits per heavy atom. The minimum absolute atomic E-state index is 0.104. The van der Waals surface area contributed by atoms with Crippen LogP contribution in [0.5, 0.6) is 0 Å². The van der Waals surface area contributed by atoms with Gasteiger partial charge in [-0.15, -0.1) is 0 Å². The summed E-state index contributed by atoms with van der Waals surface area (Å²) in [7, 11) is 0. The molecule has 0 N–H and O–H groups in total. The highest BCUT2D eigenvalue weighted by Gasteiger charge is 2.47. The van der Waals surface area contributed by atoms with Gasteiger partial charge in [0.2, 0.25) is 0 Å². The second-order valence-corrected chi connectivity index (χ2v) is 7.79. The molecule has 0 amide bonds. The lowest BCUT2D eigenvalue weighted by atomic mass is 9.75. The minimum Gasteiger partial charge on any atom is -0.0832 e. The predicted octanol–water partition coefficient (Wildman–Crippen LogP) is 6.52. The van der Waals surface area contributed by atoms with Gasteiger partial charge in [0.15, 0.2) is 0 Å². The van der Waals surface area contributed by atoms with Gasteiger partial charge < -0.3 is 0 Å². The molecular formula is C22H30. The highest BCUT2D eigenvalue weighted by atomic mass is 14.5. The van der Waals surface area contributed by atoms with Crippen LogP contribution in [-0.4, -0.2) is 0 Å². The van der Waals surface area contributed by atoms with Gasteiger partial charge in [-0.25, -0.2) is 0 Å². The molecule has 1 fully saturated rings.